The van der Waals surface area contributed by atoms with Crippen LogP contribution in [0.2, 0.25) is 0 Å². The number of carbonyl (C=O) groups is 1. The van der Waals surface area contributed by atoms with Crippen molar-refractivity contribution in [2.45, 2.75) is 39.5 Å². The second kappa shape index (κ2) is 5.84. The average Bonchev–Trinajstić information content (AvgIpc) is 2.76. The van der Waals surface area contributed by atoms with Gasteiger partial charge in [0.25, 0.3) is 5.56 Å². The highest BCUT2D eigenvalue weighted by molar-refractivity contribution is 7.20. The smallest absolute Gasteiger partial charge is 0.390 e. The largest absolute Gasteiger partial charge is 0.477 e. The zero-order valence-electron chi connectivity index (χ0n) is 12.2. The lowest BCUT2D eigenvalue weighted by atomic mass is 10.2. The van der Waals surface area contributed by atoms with Gasteiger partial charge in [-0.15, -0.1) is 11.3 Å². The Hall–Kier alpha value is -2.10. The molecular weight excluding hydrogens is 337 g/mol. The number of aromatic nitrogens is 2. The molecule has 0 amide bonds. The van der Waals surface area contributed by atoms with Gasteiger partial charge < -0.3 is 5.11 Å². The molecule has 0 atom stereocenters. The summed E-state index contributed by atoms with van der Waals surface area (Å²) in [4.78, 5) is 35.6. The fourth-order valence-electron chi connectivity index (χ4n) is 2.31. The molecule has 0 fully saturated rings. The van der Waals surface area contributed by atoms with Crippen LogP contribution in [0.4, 0.5) is 13.2 Å². The van der Waals surface area contributed by atoms with E-state index in [0.717, 1.165) is 9.13 Å². The van der Waals surface area contributed by atoms with E-state index < -0.39 is 36.4 Å². The van der Waals surface area contributed by atoms with Crippen LogP contribution < -0.4 is 11.2 Å². The number of carboxylic acid groups (broad SMARTS) is 1. The summed E-state index contributed by atoms with van der Waals surface area (Å²) in [6.45, 7) is 2.24. The van der Waals surface area contributed by atoms with Gasteiger partial charge in [-0.3, -0.25) is 13.9 Å². The summed E-state index contributed by atoms with van der Waals surface area (Å²) in [7, 11) is 0. The molecule has 23 heavy (non-hydrogen) atoms. The molecule has 1 N–H and O–H groups in total. The third-order valence-electron chi connectivity index (χ3n) is 3.42. The normalized spacial score (nSPS) is 12.0. The number of rotatable bonds is 4. The maximum atomic E-state index is 12.5. The number of fused-ring (bicyclic) bond motifs is 1. The molecule has 0 radical (unpaired) electrons. The lowest BCUT2D eigenvalue weighted by Gasteiger charge is -2.12. The quantitative estimate of drug-likeness (QED) is 0.917. The molecule has 0 saturated heterocycles. The van der Waals surface area contributed by atoms with Crippen molar-refractivity contribution in [1.29, 1.82) is 0 Å². The van der Waals surface area contributed by atoms with Crippen LogP contribution in [0.15, 0.2) is 9.59 Å². The van der Waals surface area contributed by atoms with Crippen molar-refractivity contribution < 1.29 is 23.1 Å². The third-order valence-corrected chi connectivity index (χ3v) is 4.73. The summed E-state index contributed by atoms with van der Waals surface area (Å²) in [5, 5.41) is 9.12. The van der Waals surface area contributed by atoms with Crippen molar-refractivity contribution in [2.24, 2.45) is 0 Å². The Bertz CT molecular complexity index is 892. The minimum atomic E-state index is -4.47. The molecule has 6 nitrogen and oxygen atoms in total. The molecule has 2 aromatic heterocycles. The predicted octanol–water partition coefficient (Wildman–Crippen LogP) is 2.20. The monoisotopic (exact) mass is 350 g/mol. The number of nitrogens with zero attached hydrogens (tertiary/aromatic N) is 2. The van der Waals surface area contributed by atoms with Gasteiger partial charge in [0.1, 0.15) is 9.71 Å². The van der Waals surface area contributed by atoms with Crippen LogP contribution in [0.1, 0.15) is 28.6 Å². The standard InChI is InChI=1S/C13H13F3N2O4S/c1-3-17-9(19)7-6(2)8(11(20)21)23-10(7)18(12(17)22)5-4-13(14,15)16/h3-5H2,1-2H3,(H,20,21). The summed E-state index contributed by atoms with van der Waals surface area (Å²) in [6, 6.07) is 0. The first-order chi connectivity index (χ1) is 10.6. The fraction of sp³-hybridized carbons (Fsp3) is 0.462. The van der Waals surface area contributed by atoms with Crippen molar-refractivity contribution >= 4 is 27.5 Å². The topological polar surface area (TPSA) is 81.3 Å². The number of hydrogen-bond donors (Lipinski definition) is 1. The number of carboxylic acids is 1. The van der Waals surface area contributed by atoms with Crippen LogP contribution in [0.3, 0.4) is 0 Å². The molecule has 126 valence electrons. The Morgan fingerprint density at radius 3 is 2.35 bits per heavy atom. The predicted molar refractivity (Wildman–Crippen MR) is 78.4 cm³/mol. The Morgan fingerprint density at radius 2 is 1.87 bits per heavy atom. The summed E-state index contributed by atoms with van der Waals surface area (Å²) < 4.78 is 39.1. The fourth-order valence-corrected chi connectivity index (χ4v) is 3.47. The van der Waals surface area contributed by atoms with E-state index in [-0.39, 0.29) is 27.2 Å². The molecule has 0 saturated carbocycles. The number of aromatic carboxylic acids is 1. The highest BCUT2D eigenvalue weighted by Gasteiger charge is 2.29. The van der Waals surface area contributed by atoms with Crippen molar-refractivity contribution in [3.05, 3.63) is 31.3 Å². The van der Waals surface area contributed by atoms with Gasteiger partial charge in [-0.25, -0.2) is 9.59 Å². The number of halogens is 3. The number of alkyl halides is 3. The van der Waals surface area contributed by atoms with Crippen molar-refractivity contribution in [3.63, 3.8) is 0 Å². The van der Waals surface area contributed by atoms with Gasteiger partial charge in [-0.2, -0.15) is 13.2 Å². The van der Waals surface area contributed by atoms with Gasteiger partial charge in [0, 0.05) is 13.1 Å². The second-order valence-corrected chi connectivity index (χ2v) is 5.89. The number of thiophene rings is 1. The maximum absolute atomic E-state index is 12.5. The van der Waals surface area contributed by atoms with Gasteiger partial charge >= 0.3 is 17.8 Å². The molecule has 0 aromatic carbocycles. The van der Waals surface area contributed by atoms with Gasteiger partial charge in [0.05, 0.1) is 11.8 Å². The zero-order valence-corrected chi connectivity index (χ0v) is 13.0. The molecule has 2 rings (SSSR count). The van der Waals surface area contributed by atoms with Crippen LogP contribution in [0, 0.1) is 6.92 Å². The van der Waals surface area contributed by atoms with E-state index in [1.54, 1.807) is 0 Å². The Labute approximate surface area is 131 Å². The van der Waals surface area contributed by atoms with Gasteiger partial charge in [0.15, 0.2) is 0 Å². The molecule has 2 heterocycles. The van der Waals surface area contributed by atoms with E-state index in [1.807, 2.05) is 0 Å². The lowest BCUT2D eigenvalue weighted by Crippen LogP contribution is -2.39. The molecular formula is C13H13F3N2O4S. The highest BCUT2D eigenvalue weighted by atomic mass is 32.1. The number of hydrogen-bond acceptors (Lipinski definition) is 4. The van der Waals surface area contributed by atoms with E-state index in [4.69, 9.17) is 5.11 Å². The first-order valence-electron chi connectivity index (χ1n) is 6.65. The molecule has 0 spiro atoms. The SMILES string of the molecule is CCn1c(=O)c2c(C)c(C(=O)O)sc2n(CCC(F)(F)F)c1=O. The average molecular weight is 350 g/mol. The minimum Gasteiger partial charge on any atom is -0.477 e. The van der Waals surface area contributed by atoms with E-state index >= 15 is 0 Å². The van der Waals surface area contributed by atoms with Gasteiger partial charge in [-0.1, -0.05) is 0 Å². The van der Waals surface area contributed by atoms with E-state index in [9.17, 15) is 27.6 Å². The first-order valence-corrected chi connectivity index (χ1v) is 7.47. The molecule has 0 aliphatic rings. The summed E-state index contributed by atoms with van der Waals surface area (Å²) in [5.41, 5.74) is -1.39. The van der Waals surface area contributed by atoms with Crippen LogP contribution in [-0.4, -0.2) is 26.4 Å². The Kier molecular flexibility index (Phi) is 4.38. The van der Waals surface area contributed by atoms with E-state index in [1.165, 1.54) is 13.8 Å². The third kappa shape index (κ3) is 3.03. The molecule has 10 heteroatoms. The molecule has 0 unspecified atom stereocenters. The van der Waals surface area contributed by atoms with Crippen molar-refractivity contribution in [2.75, 3.05) is 0 Å². The molecule has 0 aliphatic heterocycles. The highest BCUT2D eigenvalue weighted by Crippen LogP contribution is 2.29. The van der Waals surface area contributed by atoms with E-state index in [0.29, 0.717) is 11.3 Å². The Balaban J connectivity index is 2.84. The molecule has 0 aliphatic carbocycles. The van der Waals surface area contributed by atoms with Crippen molar-refractivity contribution in [1.82, 2.24) is 9.13 Å². The lowest BCUT2D eigenvalue weighted by molar-refractivity contribution is -0.136. The zero-order chi connectivity index (χ0) is 17.5. The summed E-state index contributed by atoms with van der Waals surface area (Å²) >= 11 is 0.639. The van der Waals surface area contributed by atoms with Crippen LogP contribution in [0.5, 0.6) is 0 Å². The van der Waals surface area contributed by atoms with Gasteiger partial charge in [-0.05, 0) is 19.4 Å². The maximum Gasteiger partial charge on any atom is 0.390 e. The van der Waals surface area contributed by atoms with Crippen molar-refractivity contribution in [3.8, 4) is 0 Å². The van der Waals surface area contributed by atoms with E-state index in [2.05, 4.69) is 0 Å². The van der Waals surface area contributed by atoms with Gasteiger partial charge in [0.2, 0.25) is 0 Å². The molecule has 0 bridgehead atoms. The summed E-state index contributed by atoms with van der Waals surface area (Å²) in [5.74, 6) is -1.29. The van der Waals surface area contributed by atoms with Crippen LogP contribution >= 0.6 is 11.3 Å². The Morgan fingerprint density at radius 1 is 1.26 bits per heavy atom. The number of aryl methyl sites for hydroxylation is 2. The molecule has 2 aromatic rings. The second-order valence-electron chi connectivity index (χ2n) is 4.89. The van der Waals surface area contributed by atoms with Crippen LogP contribution in [-0.2, 0) is 13.1 Å². The minimum absolute atomic E-state index is 0.0166. The van der Waals surface area contributed by atoms with Crippen LogP contribution in [0.25, 0.3) is 10.2 Å². The first kappa shape index (κ1) is 17.3. The summed E-state index contributed by atoms with van der Waals surface area (Å²) in [6.07, 6.45) is -5.72.